The van der Waals surface area contributed by atoms with Gasteiger partial charge in [0.1, 0.15) is 0 Å². The molecule has 1 saturated carbocycles. The minimum Gasteiger partial charge on any atom is -0.354 e. The lowest BCUT2D eigenvalue weighted by atomic mass is 9.96. The number of likely N-dealkylation sites (tertiary alicyclic amines) is 1. The van der Waals surface area contributed by atoms with Crippen LogP contribution in [-0.2, 0) is 9.59 Å². The second kappa shape index (κ2) is 8.15. The van der Waals surface area contributed by atoms with E-state index in [2.05, 4.69) is 10.6 Å². The van der Waals surface area contributed by atoms with Crippen LogP contribution in [0.15, 0.2) is 11.1 Å². The molecule has 0 spiro atoms. The van der Waals surface area contributed by atoms with E-state index in [-0.39, 0.29) is 17.9 Å². The maximum Gasteiger partial charge on any atom is 0.249 e. The number of carbonyl (C=O) groups excluding carboxylic acids is 2. The molecule has 3 fully saturated rings. The van der Waals surface area contributed by atoms with Gasteiger partial charge in [-0.1, -0.05) is 5.57 Å². The van der Waals surface area contributed by atoms with Gasteiger partial charge in [-0.25, -0.2) is 0 Å². The van der Waals surface area contributed by atoms with Gasteiger partial charge >= 0.3 is 0 Å². The molecule has 2 atom stereocenters. The van der Waals surface area contributed by atoms with Gasteiger partial charge in [-0.15, -0.1) is 0 Å². The molecule has 1 aliphatic carbocycles. The van der Waals surface area contributed by atoms with Crippen LogP contribution < -0.4 is 10.6 Å². The number of nitrogens with zero attached hydrogens (tertiary/aromatic N) is 1. The van der Waals surface area contributed by atoms with Gasteiger partial charge in [0.05, 0.1) is 6.04 Å². The molecule has 2 heterocycles. The first-order chi connectivity index (χ1) is 11.6. The van der Waals surface area contributed by atoms with E-state index < -0.39 is 0 Å². The average molecular weight is 333 g/mol. The highest BCUT2D eigenvalue weighted by Gasteiger charge is 2.27. The lowest BCUT2D eigenvalue weighted by Crippen LogP contribution is -2.47. The van der Waals surface area contributed by atoms with Crippen LogP contribution in [0.3, 0.4) is 0 Å². The molecular formula is C19H31N3O2. The first-order valence-corrected chi connectivity index (χ1v) is 9.64. The van der Waals surface area contributed by atoms with Gasteiger partial charge in [-0.2, -0.15) is 0 Å². The number of nitrogens with one attached hydrogen (secondary N) is 2. The second-order valence-corrected chi connectivity index (χ2v) is 7.59. The topological polar surface area (TPSA) is 61.4 Å². The Kier molecular flexibility index (Phi) is 5.93. The van der Waals surface area contributed by atoms with Crippen LogP contribution in [0.5, 0.6) is 0 Å². The van der Waals surface area contributed by atoms with Crippen molar-refractivity contribution in [3.63, 3.8) is 0 Å². The molecule has 134 valence electrons. The summed E-state index contributed by atoms with van der Waals surface area (Å²) in [6, 6.07) is -0.0133. The van der Waals surface area contributed by atoms with E-state index in [4.69, 9.17) is 0 Å². The Morgan fingerprint density at radius 1 is 1.17 bits per heavy atom. The summed E-state index contributed by atoms with van der Waals surface area (Å²) in [5.41, 5.74) is 2.34. The SMILES string of the molecule is CC(C(=O)N1CCC[C@H](CNC(=O)[C@@H]2CCCN2)C1)=C1CCCC1. The fraction of sp³-hybridized carbons (Fsp3) is 0.789. The number of piperidine rings is 1. The lowest BCUT2D eigenvalue weighted by Gasteiger charge is -2.33. The van der Waals surface area contributed by atoms with Crippen LogP contribution in [0.4, 0.5) is 0 Å². The van der Waals surface area contributed by atoms with Crippen LogP contribution in [-0.4, -0.2) is 48.9 Å². The molecule has 24 heavy (non-hydrogen) atoms. The first-order valence-electron chi connectivity index (χ1n) is 9.64. The molecule has 0 aromatic rings. The van der Waals surface area contributed by atoms with Crippen molar-refractivity contribution in [3.05, 3.63) is 11.1 Å². The third-order valence-electron chi connectivity index (χ3n) is 5.81. The maximum atomic E-state index is 12.7. The molecule has 2 amide bonds. The summed E-state index contributed by atoms with van der Waals surface area (Å²) in [5.74, 6) is 0.732. The fourth-order valence-corrected chi connectivity index (χ4v) is 4.26. The molecule has 0 aromatic carbocycles. The van der Waals surface area contributed by atoms with Crippen molar-refractivity contribution in [3.8, 4) is 0 Å². The number of hydrogen-bond acceptors (Lipinski definition) is 3. The van der Waals surface area contributed by atoms with Gasteiger partial charge in [0.2, 0.25) is 11.8 Å². The normalized spacial score (nSPS) is 27.4. The van der Waals surface area contributed by atoms with E-state index in [9.17, 15) is 9.59 Å². The van der Waals surface area contributed by atoms with Crippen molar-refractivity contribution in [1.82, 2.24) is 15.5 Å². The summed E-state index contributed by atoms with van der Waals surface area (Å²) < 4.78 is 0. The highest BCUT2D eigenvalue weighted by atomic mass is 16.2. The number of allylic oxidation sites excluding steroid dienone is 1. The van der Waals surface area contributed by atoms with E-state index in [1.165, 1.54) is 18.4 Å². The molecule has 2 aliphatic heterocycles. The summed E-state index contributed by atoms with van der Waals surface area (Å²) in [6.45, 7) is 5.27. The van der Waals surface area contributed by atoms with E-state index in [0.717, 1.165) is 63.7 Å². The maximum absolute atomic E-state index is 12.7. The van der Waals surface area contributed by atoms with E-state index in [1.807, 2.05) is 11.8 Å². The molecule has 2 N–H and O–H groups in total. The second-order valence-electron chi connectivity index (χ2n) is 7.59. The Morgan fingerprint density at radius 2 is 1.96 bits per heavy atom. The predicted molar refractivity (Wildman–Crippen MR) is 94.5 cm³/mol. The molecule has 0 aromatic heterocycles. The fourth-order valence-electron chi connectivity index (χ4n) is 4.26. The third-order valence-corrected chi connectivity index (χ3v) is 5.81. The van der Waals surface area contributed by atoms with Crippen molar-refractivity contribution in [1.29, 1.82) is 0 Å². The van der Waals surface area contributed by atoms with Crippen LogP contribution in [0, 0.1) is 5.92 Å². The summed E-state index contributed by atoms with van der Waals surface area (Å²) in [5, 5.41) is 6.32. The molecule has 0 unspecified atom stereocenters. The van der Waals surface area contributed by atoms with Crippen LogP contribution >= 0.6 is 0 Å². The van der Waals surface area contributed by atoms with Gasteiger partial charge < -0.3 is 15.5 Å². The molecule has 0 bridgehead atoms. The third kappa shape index (κ3) is 4.18. The Morgan fingerprint density at radius 3 is 2.67 bits per heavy atom. The Hall–Kier alpha value is -1.36. The van der Waals surface area contributed by atoms with Gasteiger partial charge in [0.15, 0.2) is 0 Å². The monoisotopic (exact) mass is 333 g/mol. The minimum absolute atomic E-state index is 0.0133. The predicted octanol–water partition coefficient (Wildman–Crippen LogP) is 1.98. The van der Waals surface area contributed by atoms with Crippen molar-refractivity contribution >= 4 is 11.8 Å². The first kappa shape index (κ1) is 17.5. The number of amides is 2. The highest BCUT2D eigenvalue weighted by Crippen LogP contribution is 2.28. The Balaban J connectivity index is 1.49. The van der Waals surface area contributed by atoms with Gasteiger partial charge in [-0.05, 0) is 70.8 Å². The Bertz CT molecular complexity index is 501. The largest absolute Gasteiger partial charge is 0.354 e. The van der Waals surface area contributed by atoms with Crippen molar-refractivity contribution < 1.29 is 9.59 Å². The summed E-state index contributed by atoms with van der Waals surface area (Å²) in [6.07, 6.45) is 8.80. The quantitative estimate of drug-likeness (QED) is 0.774. The van der Waals surface area contributed by atoms with E-state index >= 15 is 0 Å². The van der Waals surface area contributed by atoms with E-state index in [1.54, 1.807) is 0 Å². The van der Waals surface area contributed by atoms with Gasteiger partial charge in [0, 0.05) is 25.2 Å². The Labute approximate surface area is 145 Å². The molecule has 0 radical (unpaired) electrons. The molecule has 5 heteroatoms. The van der Waals surface area contributed by atoms with Crippen molar-refractivity contribution in [2.45, 2.75) is 64.3 Å². The molecular weight excluding hydrogens is 302 g/mol. The summed E-state index contributed by atoms with van der Waals surface area (Å²) >= 11 is 0. The minimum atomic E-state index is -0.0133. The summed E-state index contributed by atoms with van der Waals surface area (Å²) in [7, 11) is 0. The molecule has 3 rings (SSSR count). The molecule has 5 nitrogen and oxygen atoms in total. The molecule has 2 saturated heterocycles. The lowest BCUT2D eigenvalue weighted by molar-refractivity contribution is -0.128. The highest BCUT2D eigenvalue weighted by molar-refractivity contribution is 5.93. The van der Waals surface area contributed by atoms with Crippen molar-refractivity contribution in [2.75, 3.05) is 26.2 Å². The zero-order valence-corrected chi connectivity index (χ0v) is 14.9. The van der Waals surface area contributed by atoms with E-state index in [0.29, 0.717) is 12.5 Å². The van der Waals surface area contributed by atoms with Gasteiger partial charge in [0.25, 0.3) is 0 Å². The number of rotatable bonds is 4. The van der Waals surface area contributed by atoms with Crippen LogP contribution in [0.25, 0.3) is 0 Å². The van der Waals surface area contributed by atoms with Gasteiger partial charge in [-0.3, -0.25) is 9.59 Å². The number of carbonyl (C=O) groups is 2. The standard InChI is InChI=1S/C19H31N3O2/c1-14(16-7-2-3-8-16)19(24)22-11-5-6-15(13-22)12-21-18(23)17-9-4-10-20-17/h15,17,20H,2-13H2,1H3,(H,21,23)/t15-,17+/m1/s1. The smallest absolute Gasteiger partial charge is 0.249 e. The van der Waals surface area contributed by atoms with Crippen LogP contribution in [0.1, 0.15) is 58.3 Å². The van der Waals surface area contributed by atoms with Crippen LogP contribution in [0.2, 0.25) is 0 Å². The number of hydrogen-bond donors (Lipinski definition) is 2. The summed E-state index contributed by atoms with van der Waals surface area (Å²) in [4.78, 5) is 26.9. The van der Waals surface area contributed by atoms with Crippen molar-refractivity contribution in [2.24, 2.45) is 5.92 Å². The average Bonchev–Trinajstić information content (AvgIpc) is 3.32. The molecule has 3 aliphatic rings. The zero-order valence-electron chi connectivity index (χ0n) is 14.9. The zero-order chi connectivity index (χ0) is 16.9.